The average molecular weight is 457 g/mol. The SMILES string of the molecule is CO[C@@]1(C(=O)Nc2ccc(N)c(C(=[NH2+])c3ccc(OC(C)C)nc3)c2)CCN(CC(=O)O)C1. The third kappa shape index (κ3) is 5.65. The molecular weight excluding hydrogens is 426 g/mol. The van der Waals surface area contributed by atoms with E-state index in [2.05, 4.69) is 10.3 Å². The number of likely N-dealkylation sites (tertiary alicyclic amines) is 1. The molecule has 0 unspecified atom stereocenters. The molecule has 1 saturated heterocycles. The Hall–Kier alpha value is -3.50. The quantitative estimate of drug-likeness (QED) is 0.308. The number of carbonyl (C=O) groups is 2. The van der Waals surface area contributed by atoms with Gasteiger partial charge in [-0.25, -0.2) is 4.98 Å². The predicted octanol–water partition coefficient (Wildman–Crippen LogP) is 0.162. The van der Waals surface area contributed by atoms with Crippen LogP contribution in [0, 0.1) is 0 Å². The summed E-state index contributed by atoms with van der Waals surface area (Å²) in [6, 6.07) is 8.55. The highest BCUT2D eigenvalue weighted by atomic mass is 16.5. The predicted molar refractivity (Wildman–Crippen MR) is 123 cm³/mol. The fourth-order valence-electron chi connectivity index (χ4n) is 3.75. The second kappa shape index (κ2) is 9.97. The summed E-state index contributed by atoms with van der Waals surface area (Å²) in [5, 5.41) is 18.2. The summed E-state index contributed by atoms with van der Waals surface area (Å²) in [7, 11) is 1.45. The molecule has 0 saturated carbocycles. The Labute approximate surface area is 192 Å². The smallest absolute Gasteiger partial charge is 0.317 e. The van der Waals surface area contributed by atoms with Crippen LogP contribution in [0.3, 0.4) is 0 Å². The van der Waals surface area contributed by atoms with Gasteiger partial charge < -0.3 is 25.6 Å². The third-order valence-electron chi connectivity index (χ3n) is 5.48. The van der Waals surface area contributed by atoms with Gasteiger partial charge in [-0.05, 0) is 44.5 Å². The summed E-state index contributed by atoms with van der Waals surface area (Å²) in [5.41, 5.74) is 7.57. The number of carboxylic acid groups (broad SMARTS) is 1. The van der Waals surface area contributed by atoms with Crippen LogP contribution in [-0.4, -0.2) is 71.0 Å². The molecule has 1 atom stereocenters. The zero-order valence-electron chi connectivity index (χ0n) is 19.0. The number of benzene rings is 1. The molecule has 1 fully saturated rings. The fourth-order valence-corrected chi connectivity index (χ4v) is 3.75. The number of nitrogens with one attached hydrogen (secondary N) is 1. The van der Waals surface area contributed by atoms with Gasteiger partial charge in [0, 0.05) is 43.8 Å². The normalized spacial score (nSPS) is 18.3. The molecule has 10 heteroatoms. The van der Waals surface area contributed by atoms with Crippen LogP contribution in [-0.2, 0) is 14.3 Å². The number of carboxylic acids is 1. The summed E-state index contributed by atoms with van der Waals surface area (Å²) in [4.78, 5) is 30.0. The minimum absolute atomic E-state index is 0.00656. The lowest BCUT2D eigenvalue weighted by Crippen LogP contribution is -2.47. The number of rotatable bonds is 9. The number of carbonyl (C=O) groups excluding carboxylic acids is 1. The number of aromatic nitrogens is 1. The Balaban J connectivity index is 1.76. The van der Waals surface area contributed by atoms with Crippen molar-refractivity contribution in [3.63, 3.8) is 0 Å². The van der Waals surface area contributed by atoms with E-state index in [1.54, 1.807) is 41.4 Å². The van der Waals surface area contributed by atoms with Crippen LogP contribution in [0.25, 0.3) is 0 Å². The Morgan fingerprint density at radius 3 is 2.70 bits per heavy atom. The highest BCUT2D eigenvalue weighted by molar-refractivity contribution is 6.12. The number of nitrogens with zero attached hydrogens (tertiary/aromatic N) is 2. The van der Waals surface area contributed by atoms with E-state index in [-0.39, 0.29) is 25.1 Å². The number of methoxy groups -OCH3 is 1. The van der Waals surface area contributed by atoms with E-state index in [0.29, 0.717) is 47.1 Å². The van der Waals surface area contributed by atoms with E-state index >= 15 is 0 Å². The minimum Gasteiger partial charge on any atom is -0.480 e. The van der Waals surface area contributed by atoms with Crippen molar-refractivity contribution >= 4 is 29.0 Å². The van der Waals surface area contributed by atoms with Gasteiger partial charge in [-0.15, -0.1) is 0 Å². The molecule has 0 aliphatic carbocycles. The van der Waals surface area contributed by atoms with Crippen LogP contribution >= 0.6 is 0 Å². The fraction of sp³-hybridized carbons (Fsp3) is 0.391. The molecule has 1 aliphatic rings. The first-order chi connectivity index (χ1) is 15.6. The minimum atomic E-state index is -1.14. The number of anilines is 2. The molecule has 176 valence electrons. The van der Waals surface area contributed by atoms with Crippen molar-refractivity contribution in [3.8, 4) is 5.88 Å². The van der Waals surface area contributed by atoms with Crippen molar-refractivity contribution in [2.45, 2.75) is 32.0 Å². The molecule has 1 amide bonds. The van der Waals surface area contributed by atoms with Gasteiger partial charge in [0.2, 0.25) is 11.6 Å². The average Bonchev–Trinajstić information content (AvgIpc) is 3.18. The maximum absolute atomic E-state index is 13.1. The second-order valence-corrected chi connectivity index (χ2v) is 8.27. The first-order valence-electron chi connectivity index (χ1n) is 10.6. The molecule has 1 aliphatic heterocycles. The Morgan fingerprint density at radius 2 is 2.09 bits per heavy atom. The van der Waals surface area contributed by atoms with E-state index in [4.69, 9.17) is 25.7 Å². The lowest BCUT2D eigenvalue weighted by atomic mass is 10.00. The van der Waals surface area contributed by atoms with E-state index in [9.17, 15) is 9.59 Å². The Kier molecular flexibility index (Phi) is 7.29. The molecular formula is C23H30N5O5+. The summed E-state index contributed by atoms with van der Waals surface area (Å²) >= 11 is 0. The Bertz CT molecular complexity index is 1040. The molecule has 33 heavy (non-hydrogen) atoms. The molecule has 1 aromatic carbocycles. The molecule has 0 bridgehead atoms. The van der Waals surface area contributed by atoms with Crippen molar-refractivity contribution in [1.82, 2.24) is 9.88 Å². The maximum atomic E-state index is 13.1. The van der Waals surface area contributed by atoms with Crippen LogP contribution in [0.5, 0.6) is 5.88 Å². The summed E-state index contributed by atoms with van der Waals surface area (Å²) < 4.78 is 11.1. The maximum Gasteiger partial charge on any atom is 0.317 e. The van der Waals surface area contributed by atoms with Gasteiger partial charge in [-0.3, -0.25) is 19.9 Å². The third-order valence-corrected chi connectivity index (χ3v) is 5.48. The van der Waals surface area contributed by atoms with Crippen LogP contribution in [0.15, 0.2) is 36.5 Å². The molecule has 2 aromatic rings. The van der Waals surface area contributed by atoms with E-state index in [0.717, 1.165) is 0 Å². The molecule has 0 spiro atoms. The van der Waals surface area contributed by atoms with Gasteiger partial charge in [-0.1, -0.05) is 0 Å². The molecule has 0 radical (unpaired) electrons. The second-order valence-electron chi connectivity index (χ2n) is 8.27. The van der Waals surface area contributed by atoms with Crippen LogP contribution < -0.4 is 21.2 Å². The first-order valence-corrected chi connectivity index (χ1v) is 10.6. The standard InChI is InChI=1S/C23H29N5O5/c1-14(2)33-19-7-4-15(11-26-19)21(25)17-10-16(5-6-18(17)24)27-22(31)23(32-3)8-9-28(13-23)12-20(29)30/h4-7,10-11,14,25H,8-9,12-13,24H2,1-3H3,(H,27,31)(H,29,30)/p+1/t23-/m0/s1. The van der Waals surface area contributed by atoms with E-state index in [1.165, 1.54) is 7.11 Å². The van der Waals surface area contributed by atoms with E-state index < -0.39 is 11.6 Å². The molecule has 2 heterocycles. The number of nitrogen functional groups attached to an aromatic ring is 1. The van der Waals surface area contributed by atoms with E-state index in [1.807, 2.05) is 13.8 Å². The lowest BCUT2D eigenvalue weighted by Gasteiger charge is -2.26. The number of ether oxygens (including phenoxy) is 2. The monoisotopic (exact) mass is 456 g/mol. The number of amides is 1. The van der Waals surface area contributed by atoms with Crippen LogP contribution in [0.4, 0.5) is 11.4 Å². The number of nitrogens with two attached hydrogens (primary N) is 2. The number of hydrogen-bond acceptors (Lipinski definition) is 7. The number of aliphatic carboxylic acids is 1. The Morgan fingerprint density at radius 1 is 1.33 bits per heavy atom. The lowest BCUT2D eigenvalue weighted by molar-refractivity contribution is -0.140. The van der Waals surface area contributed by atoms with Crippen LogP contribution in [0.1, 0.15) is 31.4 Å². The summed E-state index contributed by atoms with van der Waals surface area (Å²) in [6.45, 7) is 4.32. The molecule has 1 aromatic heterocycles. The highest BCUT2D eigenvalue weighted by Crippen LogP contribution is 2.28. The number of pyridine rings is 1. The topological polar surface area (TPSA) is 153 Å². The zero-order valence-corrected chi connectivity index (χ0v) is 19.0. The molecule has 3 rings (SSSR count). The van der Waals surface area contributed by atoms with Gasteiger partial charge in [0.1, 0.15) is 0 Å². The van der Waals surface area contributed by atoms with Crippen molar-refractivity contribution in [2.75, 3.05) is 37.8 Å². The van der Waals surface area contributed by atoms with Crippen molar-refractivity contribution in [3.05, 3.63) is 47.7 Å². The zero-order chi connectivity index (χ0) is 24.2. The van der Waals surface area contributed by atoms with Gasteiger partial charge in [0.05, 0.1) is 23.8 Å². The summed E-state index contributed by atoms with van der Waals surface area (Å²) in [5.74, 6) is -0.812. The molecule has 10 nitrogen and oxygen atoms in total. The van der Waals surface area contributed by atoms with Crippen molar-refractivity contribution in [1.29, 1.82) is 0 Å². The van der Waals surface area contributed by atoms with Crippen molar-refractivity contribution in [2.24, 2.45) is 0 Å². The number of hydrogen-bond donors (Lipinski definition) is 4. The van der Waals surface area contributed by atoms with Crippen molar-refractivity contribution < 1.29 is 29.6 Å². The first kappa shape index (κ1) is 24.1. The molecule has 6 N–H and O–H groups in total. The summed E-state index contributed by atoms with van der Waals surface area (Å²) in [6.07, 6.45) is 2.00. The van der Waals surface area contributed by atoms with Gasteiger partial charge in [0.25, 0.3) is 5.91 Å². The van der Waals surface area contributed by atoms with Gasteiger partial charge in [0.15, 0.2) is 5.60 Å². The largest absolute Gasteiger partial charge is 0.480 e. The highest BCUT2D eigenvalue weighted by Gasteiger charge is 2.45. The van der Waals surface area contributed by atoms with Gasteiger partial charge in [-0.2, -0.15) is 0 Å². The van der Waals surface area contributed by atoms with Gasteiger partial charge >= 0.3 is 5.97 Å². The van der Waals surface area contributed by atoms with Crippen LogP contribution in [0.2, 0.25) is 0 Å².